The number of methoxy groups -OCH3 is 1. The number of aromatic nitrogens is 2. The van der Waals surface area contributed by atoms with E-state index in [9.17, 15) is 9.90 Å². The number of imidazole rings is 1. The van der Waals surface area contributed by atoms with Crippen molar-refractivity contribution in [2.24, 2.45) is 0 Å². The molecule has 7 nitrogen and oxygen atoms in total. The zero-order valence-corrected chi connectivity index (χ0v) is 16.6. The number of esters is 1. The number of para-hydroxylation sites is 2. The average molecular weight is 394 g/mol. The van der Waals surface area contributed by atoms with E-state index < -0.39 is 0 Å². The van der Waals surface area contributed by atoms with Crippen LogP contribution < -0.4 is 4.90 Å². The highest BCUT2D eigenvalue weighted by molar-refractivity contribution is 5.78. The number of piperazine rings is 1. The SMILES string of the molecule is COC(=O)CN1CCN(c2cccc(-n3c(CCO)nc4ccccc43)c2)CC1. The van der Waals surface area contributed by atoms with Gasteiger partial charge in [-0.3, -0.25) is 14.3 Å². The Morgan fingerprint density at radius 3 is 2.59 bits per heavy atom. The fourth-order valence-corrected chi connectivity index (χ4v) is 3.87. The second-order valence-electron chi connectivity index (χ2n) is 7.18. The maximum atomic E-state index is 11.5. The van der Waals surface area contributed by atoms with E-state index in [1.54, 1.807) is 0 Å². The fourth-order valence-electron chi connectivity index (χ4n) is 3.87. The van der Waals surface area contributed by atoms with Gasteiger partial charge in [-0.2, -0.15) is 0 Å². The lowest BCUT2D eigenvalue weighted by Gasteiger charge is -2.35. The first-order chi connectivity index (χ1) is 14.2. The molecule has 152 valence electrons. The molecule has 0 radical (unpaired) electrons. The number of aliphatic hydroxyl groups is 1. The molecule has 0 atom stereocenters. The Morgan fingerprint density at radius 1 is 1.07 bits per heavy atom. The molecule has 2 heterocycles. The molecule has 29 heavy (non-hydrogen) atoms. The Labute approximate surface area is 170 Å². The van der Waals surface area contributed by atoms with Crippen molar-refractivity contribution in [3.8, 4) is 5.69 Å². The number of ether oxygens (including phenoxy) is 1. The second kappa shape index (κ2) is 8.63. The van der Waals surface area contributed by atoms with Crippen molar-refractivity contribution in [2.45, 2.75) is 6.42 Å². The minimum Gasteiger partial charge on any atom is -0.468 e. The van der Waals surface area contributed by atoms with Crippen LogP contribution in [-0.2, 0) is 16.0 Å². The highest BCUT2D eigenvalue weighted by atomic mass is 16.5. The maximum absolute atomic E-state index is 11.5. The van der Waals surface area contributed by atoms with E-state index in [1.807, 2.05) is 18.2 Å². The molecule has 2 aromatic carbocycles. The van der Waals surface area contributed by atoms with Gasteiger partial charge >= 0.3 is 5.97 Å². The Balaban J connectivity index is 1.58. The number of aliphatic hydroxyl groups excluding tert-OH is 1. The van der Waals surface area contributed by atoms with E-state index in [-0.39, 0.29) is 12.6 Å². The summed E-state index contributed by atoms with van der Waals surface area (Å²) >= 11 is 0. The molecule has 1 N–H and O–H groups in total. The molecular weight excluding hydrogens is 368 g/mol. The van der Waals surface area contributed by atoms with Gasteiger partial charge in [-0.1, -0.05) is 18.2 Å². The monoisotopic (exact) mass is 394 g/mol. The summed E-state index contributed by atoms with van der Waals surface area (Å²) in [6.45, 7) is 3.76. The number of hydrogen-bond acceptors (Lipinski definition) is 6. The first-order valence-electron chi connectivity index (χ1n) is 9.91. The van der Waals surface area contributed by atoms with Gasteiger partial charge in [0.05, 0.1) is 31.3 Å². The lowest BCUT2D eigenvalue weighted by molar-refractivity contribution is -0.142. The summed E-state index contributed by atoms with van der Waals surface area (Å²) in [6, 6.07) is 16.5. The molecule has 1 fully saturated rings. The summed E-state index contributed by atoms with van der Waals surface area (Å²) in [5.41, 5.74) is 4.15. The minimum absolute atomic E-state index is 0.0607. The number of nitrogens with zero attached hydrogens (tertiary/aromatic N) is 4. The van der Waals surface area contributed by atoms with Gasteiger partial charge in [0, 0.05) is 44.0 Å². The third-order valence-electron chi connectivity index (χ3n) is 5.37. The third-order valence-corrected chi connectivity index (χ3v) is 5.37. The molecule has 1 saturated heterocycles. The fraction of sp³-hybridized carbons (Fsp3) is 0.364. The molecule has 0 unspecified atom stereocenters. The molecule has 0 bridgehead atoms. The number of carbonyl (C=O) groups is 1. The molecular formula is C22H26N4O3. The minimum atomic E-state index is -0.191. The van der Waals surface area contributed by atoms with Gasteiger partial charge in [0.2, 0.25) is 0 Å². The predicted molar refractivity (Wildman–Crippen MR) is 113 cm³/mol. The van der Waals surface area contributed by atoms with Gasteiger partial charge in [0.15, 0.2) is 0 Å². The van der Waals surface area contributed by atoms with Crippen molar-refractivity contribution in [1.29, 1.82) is 0 Å². The van der Waals surface area contributed by atoms with Crippen LogP contribution in [0, 0.1) is 0 Å². The summed E-state index contributed by atoms with van der Waals surface area (Å²) in [7, 11) is 1.43. The molecule has 0 aliphatic carbocycles. The van der Waals surface area contributed by atoms with Gasteiger partial charge < -0.3 is 14.7 Å². The normalized spacial score (nSPS) is 15.0. The van der Waals surface area contributed by atoms with E-state index in [0.29, 0.717) is 13.0 Å². The van der Waals surface area contributed by atoms with Crippen LogP contribution in [0.2, 0.25) is 0 Å². The summed E-state index contributed by atoms with van der Waals surface area (Å²) < 4.78 is 6.89. The standard InChI is InChI=1S/C22H26N4O3/c1-29-22(28)16-24-10-12-25(13-11-24)17-5-4-6-18(15-17)26-20-8-3-2-7-19(20)23-21(26)9-14-27/h2-8,15,27H,9-14,16H2,1H3. The third kappa shape index (κ3) is 4.11. The van der Waals surface area contributed by atoms with Crippen LogP contribution in [0.4, 0.5) is 5.69 Å². The highest BCUT2D eigenvalue weighted by Gasteiger charge is 2.20. The number of rotatable bonds is 6. The average Bonchev–Trinajstić information content (AvgIpc) is 3.12. The van der Waals surface area contributed by atoms with Crippen LogP contribution >= 0.6 is 0 Å². The van der Waals surface area contributed by atoms with E-state index in [0.717, 1.165) is 54.4 Å². The predicted octanol–water partition coefficient (Wildman–Crippen LogP) is 1.86. The molecule has 0 spiro atoms. The van der Waals surface area contributed by atoms with Crippen molar-refractivity contribution in [3.05, 3.63) is 54.4 Å². The van der Waals surface area contributed by atoms with Crippen LogP contribution in [0.1, 0.15) is 5.82 Å². The van der Waals surface area contributed by atoms with Crippen LogP contribution in [0.5, 0.6) is 0 Å². The smallest absolute Gasteiger partial charge is 0.319 e. The molecule has 1 aliphatic rings. The van der Waals surface area contributed by atoms with E-state index in [2.05, 4.69) is 44.7 Å². The van der Waals surface area contributed by atoms with Gasteiger partial charge in [0.1, 0.15) is 5.82 Å². The molecule has 0 amide bonds. The maximum Gasteiger partial charge on any atom is 0.319 e. The number of benzene rings is 2. The van der Waals surface area contributed by atoms with Crippen LogP contribution in [0.25, 0.3) is 16.7 Å². The van der Waals surface area contributed by atoms with Gasteiger partial charge in [-0.15, -0.1) is 0 Å². The topological polar surface area (TPSA) is 70.8 Å². The molecule has 7 heteroatoms. The number of hydrogen-bond donors (Lipinski definition) is 1. The zero-order chi connectivity index (χ0) is 20.2. The van der Waals surface area contributed by atoms with Crippen molar-refractivity contribution < 1.29 is 14.6 Å². The van der Waals surface area contributed by atoms with E-state index in [1.165, 1.54) is 7.11 Å². The Bertz CT molecular complexity index is 993. The molecule has 1 aliphatic heterocycles. The van der Waals surface area contributed by atoms with Crippen LogP contribution in [0.3, 0.4) is 0 Å². The first kappa shape index (κ1) is 19.4. The Morgan fingerprint density at radius 2 is 1.83 bits per heavy atom. The van der Waals surface area contributed by atoms with Crippen molar-refractivity contribution in [3.63, 3.8) is 0 Å². The molecule has 4 rings (SSSR count). The van der Waals surface area contributed by atoms with Crippen molar-refractivity contribution in [1.82, 2.24) is 14.5 Å². The van der Waals surface area contributed by atoms with Gasteiger partial charge in [-0.25, -0.2) is 4.98 Å². The molecule has 0 saturated carbocycles. The summed E-state index contributed by atoms with van der Waals surface area (Å²) in [5, 5.41) is 9.48. The number of anilines is 1. The van der Waals surface area contributed by atoms with Gasteiger partial charge in [0.25, 0.3) is 0 Å². The number of carbonyl (C=O) groups excluding carboxylic acids is 1. The largest absolute Gasteiger partial charge is 0.468 e. The first-order valence-corrected chi connectivity index (χ1v) is 9.91. The Kier molecular flexibility index (Phi) is 5.78. The lowest BCUT2D eigenvalue weighted by atomic mass is 10.2. The molecule has 3 aromatic rings. The summed E-state index contributed by atoms with van der Waals surface area (Å²) in [4.78, 5) is 20.7. The lowest BCUT2D eigenvalue weighted by Crippen LogP contribution is -2.48. The summed E-state index contributed by atoms with van der Waals surface area (Å²) in [5.74, 6) is 0.664. The van der Waals surface area contributed by atoms with E-state index in [4.69, 9.17) is 9.72 Å². The molecule has 1 aromatic heterocycles. The van der Waals surface area contributed by atoms with Crippen molar-refractivity contribution in [2.75, 3.05) is 51.3 Å². The Hall–Kier alpha value is -2.90. The van der Waals surface area contributed by atoms with Crippen molar-refractivity contribution >= 4 is 22.7 Å². The second-order valence-corrected chi connectivity index (χ2v) is 7.18. The van der Waals surface area contributed by atoms with Crippen LogP contribution in [-0.4, -0.2) is 72.0 Å². The zero-order valence-electron chi connectivity index (χ0n) is 16.6. The highest BCUT2D eigenvalue weighted by Crippen LogP contribution is 2.26. The number of fused-ring (bicyclic) bond motifs is 1. The van der Waals surface area contributed by atoms with Crippen LogP contribution in [0.15, 0.2) is 48.5 Å². The quantitative estimate of drug-likeness (QED) is 0.644. The van der Waals surface area contributed by atoms with E-state index >= 15 is 0 Å². The van der Waals surface area contributed by atoms with Gasteiger partial charge in [-0.05, 0) is 30.3 Å². The summed E-state index contributed by atoms with van der Waals surface area (Å²) in [6.07, 6.45) is 0.505.